The summed E-state index contributed by atoms with van der Waals surface area (Å²) in [7, 11) is 1.65. The SMILES string of the molecule is COc1cccc(Cc2nsc(C(C)(N)C(C)N)n2)c1. The highest BCUT2D eigenvalue weighted by atomic mass is 32.1. The first-order valence-corrected chi connectivity index (χ1v) is 7.21. The van der Waals surface area contributed by atoms with Crippen LogP contribution >= 0.6 is 11.5 Å². The van der Waals surface area contributed by atoms with Gasteiger partial charge in [-0.1, -0.05) is 12.1 Å². The fourth-order valence-electron chi connectivity index (χ4n) is 1.70. The number of methoxy groups -OCH3 is 1. The van der Waals surface area contributed by atoms with Crippen LogP contribution in [-0.2, 0) is 12.0 Å². The minimum Gasteiger partial charge on any atom is -0.497 e. The van der Waals surface area contributed by atoms with Gasteiger partial charge in [-0.15, -0.1) is 0 Å². The van der Waals surface area contributed by atoms with E-state index in [1.54, 1.807) is 7.11 Å². The molecule has 0 saturated carbocycles. The zero-order valence-electron chi connectivity index (χ0n) is 12.0. The first-order chi connectivity index (χ1) is 9.43. The molecule has 0 radical (unpaired) electrons. The lowest BCUT2D eigenvalue weighted by Gasteiger charge is -2.25. The van der Waals surface area contributed by atoms with Gasteiger partial charge < -0.3 is 16.2 Å². The number of aromatic nitrogens is 2. The van der Waals surface area contributed by atoms with Crippen LogP contribution in [0.5, 0.6) is 5.75 Å². The Hall–Kier alpha value is -1.50. The van der Waals surface area contributed by atoms with Crippen molar-refractivity contribution in [3.8, 4) is 5.75 Å². The molecule has 0 spiro atoms. The van der Waals surface area contributed by atoms with Crippen molar-refractivity contribution in [3.63, 3.8) is 0 Å². The van der Waals surface area contributed by atoms with Crippen molar-refractivity contribution in [1.29, 1.82) is 0 Å². The van der Waals surface area contributed by atoms with E-state index in [1.807, 2.05) is 38.1 Å². The van der Waals surface area contributed by atoms with Gasteiger partial charge >= 0.3 is 0 Å². The van der Waals surface area contributed by atoms with Gasteiger partial charge in [0.1, 0.15) is 16.6 Å². The van der Waals surface area contributed by atoms with Gasteiger partial charge in [-0.2, -0.15) is 4.37 Å². The highest BCUT2D eigenvalue weighted by molar-refractivity contribution is 7.05. The topological polar surface area (TPSA) is 87.0 Å². The van der Waals surface area contributed by atoms with E-state index in [0.717, 1.165) is 22.1 Å². The van der Waals surface area contributed by atoms with E-state index in [0.29, 0.717) is 6.42 Å². The molecule has 2 atom stereocenters. The lowest BCUT2D eigenvalue weighted by molar-refractivity contribution is 0.407. The Bertz CT molecular complexity index is 580. The lowest BCUT2D eigenvalue weighted by Crippen LogP contribution is -2.48. The molecule has 1 aromatic carbocycles. The summed E-state index contributed by atoms with van der Waals surface area (Å²) in [4.78, 5) is 4.52. The molecule has 20 heavy (non-hydrogen) atoms. The summed E-state index contributed by atoms with van der Waals surface area (Å²) in [6.45, 7) is 3.76. The average Bonchev–Trinajstić information content (AvgIpc) is 2.88. The Morgan fingerprint density at radius 1 is 1.45 bits per heavy atom. The van der Waals surface area contributed by atoms with Crippen molar-refractivity contribution in [2.24, 2.45) is 11.5 Å². The second kappa shape index (κ2) is 5.87. The number of nitrogens with zero attached hydrogens (tertiary/aromatic N) is 2. The summed E-state index contributed by atoms with van der Waals surface area (Å²) in [5.41, 5.74) is 12.6. The molecular formula is C14H20N4OS. The number of nitrogens with two attached hydrogens (primary N) is 2. The number of hydrogen-bond donors (Lipinski definition) is 2. The Labute approximate surface area is 123 Å². The molecule has 1 heterocycles. The normalized spacial score (nSPS) is 15.7. The zero-order valence-corrected chi connectivity index (χ0v) is 12.8. The molecule has 0 aliphatic rings. The predicted molar refractivity (Wildman–Crippen MR) is 80.9 cm³/mol. The van der Waals surface area contributed by atoms with E-state index in [2.05, 4.69) is 9.36 Å². The summed E-state index contributed by atoms with van der Waals surface area (Å²) in [5.74, 6) is 1.59. The van der Waals surface area contributed by atoms with Crippen LogP contribution < -0.4 is 16.2 Å². The van der Waals surface area contributed by atoms with Crippen LogP contribution in [0.3, 0.4) is 0 Å². The Morgan fingerprint density at radius 2 is 2.20 bits per heavy atom. The quantitative estimate of drug-likeness (QED) is 0.875. The maximum Gasteiger partial charge on any atom is 0.147 e. The molecule has 2 aromatic rings. The van der Waals surface area contributed by atoms with Crippen LogP contribution in [0.1, 0.15) is 30.2 Å². The molecule has 0 aliphatic heterocycles. The van der Waals surface area contributed by atoms with Crippen LogP contribution in [0.4, 0.5) is 0 Å². The Morgan fingerprint density at radius 3 is 2.85 bits per heavy atom. The number of benzene rings is 1. The molecule has 4 N–H and O–H groups in total. The molecule has 0 amide bonds. The van der Waals surface area contributed by atoms with E-state index in [9.17, 15) is 0 Å². The fraction of sp³-hybridized carbons (Fsp3) is 0.429. The minimum atomic E-state index is -0.649. The second-order valence-electron chi connectivity index (χ2n) is 5.12. The number of hydrogen-bond acceptors (Lipinski definition) is 6. The number of ether oxygens (including phenoxy) is 1. The van der Waals surface area contributed by atoms with Gasteiger partial charge in [0.25, 0.3) is 0 Å². The Kier molecular flexibility index (Phi) is 4.37. The average molecular weight is 292 g/mol. The first-order valence-electron chi connectivity index (χ1n) is 6.44. The van der Waals surface area contributed by atoms with Crippen LogP contribution in [0.15, 0.2) is 24.3 Å². The smallest absolute Gasteiger partial charge is 0.147 e. The van der Waals surface area contributed by atoms with Gasteiger partial charge in [0.05, 0.1) is 12.6 Å². The molecule has 0 aliphatic carbocycles. The lowest BCUT2D eigenvalue weighted by atomic mass is 9.97. The van der Waals surface area contributed by atoms with Crippen molar-refractivity contribution in [3.05, 3.63) is 40.7 Å². The molecule has 2 rings (SSSR count). The molecule has 5 nitrogen and oxygen atoms in total. The monoisotopic (exact) mass is 292 g/mol. The second-order valence-corrected chi connectivity index (χ2v) is 5.87. The number of rotatable bonds is 5. The summed E-state index contributed by atoms with van der Waals surface area (Å²) in [5, 5.41) is 0.769. The van der Waals surface area contributed by atoms with Crippen molar-refractivity contribution < 1.29 is 4.74 Å². The Balaban J connectivity index is 2.17. The van der Waals surface area contributed by atoms with Gasteiger partial charge in [0.2, 0.25) is 0 Å². The molecule has 1 aromatic heterocycles. The first kappa shape index (κ1) is 14.9. The van der Waals surface area contributed by atoms with Crippen molar-refractivity contribution in [2.45, 2.75) is 31.8 Å². The summed E-state index contributed by atoms with van der Waals surface area (Å²) < 4.78 is 9.58. The molecule has 0 saturated heterocycles. The van der Waals surface area contributed by atoms with Crippen molar-refractivity contribution in [1.82, 2.24) is 9.36 Å². The molecule has 6 heteroatoms. The third-order valence-electron chi connectivity index (χ3n) is 3.37. The highest BCUT2D eigenvalue weighted by Crippen LogP contribution is 2.23. The summed E-state index contributed by atoms with van der Waals surface area (Å²) in [6, 6.07) is 7.69. The van der Waals surface area contributed by atoms with E-state index in [4.69, 9.17) is 16.2 Å². The van der Waals surface area contributed by atoms with Crippen molar-refractivity contribution >= 4 is 11.5 Å². The summed E-state index contributed by atoms with van der Waals surface area (Å²) >= 11 is 1.32. The molecular weight excluding hydrogens is 272 g/mol. The minimum absolute atomic E-state index is 0.180. The van der Waals surface area contributed by atoms with E-state index in [-0.39, 0.29) is 6.04 Å². The molecule has 108 valence electrons. The maximum absolute atomic E-state index is 6.20. The standard InChI is InChI=1S/C14H20N4OS/c1-9(15)14(2,16)13-17-12(18-20-13)8-10-5-4-6-11(7-10)19-3/h4-7,9H,8,15-16H2,1-3H3. The van der Waals surface area contributed by atoms with Gasteiger partial charge in [-0.05, 0) is 43.1 Å². The van der Waals surface area contributed by atoms with E-state index >= 15 is 0 Å². The van der Waals surface area contributed by atoms with Crippen LogP contribution in [0.2, 0.25) is 0 Å². The van der Waals surface area contributed by atoms with Crippen LogP contribution in [0, 0.1) is 0 Å². The predicted octanol–water partition coefficient (Wildman–Crippen LogP) is 1.66. The van der Waals surface area contributed by atoms with Gasteiger partial charge in [0, 0.05) is 12.5 Å². The largest absolute Gasteiger partial charge is 0.497 e. The zero-order chi connectivity index (χ0) is 14.8. The summed E-state index contributed by atoms with van der Waals surface area (Å²) in [6.07, 6.45) is 0.655. The van der Waals surface area contributed by atoms with Crippen molar-refractivity contribution in [2.75, 3.05) is 7.11 Å². The van der Waals surface area contributed by atoms with Gasteiger partial charge in [-0.25, -0.2) is 4.98 Å². The third-order valence-corrected chi connectivity index (χ3v) is 4.38. The van der Waals surface area contributed by atoms with Crippen LogP contribution in [-0.4, -0.2) is 22.5 Å². The van der Waals surface area contributed by atoms with Gasteiger partial charge in [-0.3, -0.25) is 0 Å². The van der Waals surface area contributed by atoms with E-state index < -0.39 is 5.54 Å². The van der Waals surface area contributed by atoms with E-state index in [1.165, 1.54) is 11.5 Å². The highest BCUT2D eigenvalue weighted by Gasteiger charge is 2.30. The third kappa shape index (κ3) is 3.15. The molecule has 0 fully saturated rings. The maximum atomic E-state index is 6.20. The molecule has 0 bridgehead atoms. The van der Waals surface area contributed by atoms with Crippen LogP contribution in [0.25, 0.3) is 0 Å². The van der Waals surface area contributed by atoms with Gasteiger partial charge in [0.15, 0.2) is 0 Å². The molecule has 2 unspecified atom stereocenters. The fourth-order valence-corrected chi connectivity index (χ4v) is 2.53.